The van der Waals surface area contributed by atoms with Gasteiger partial charge in [0.25, 0.3) is 0 Å². The highest BCUT2D eigenvalue weighted by molar-refractivity contribution is 6.33. The van der Waals surface area contributed by atoms with E-state index in [0.29, 0.717) is 139 Å². The van der Waals surface area contributed by atoms with Gasteiger partial charge in [0.1, 0.15) is 78.0 Å². The molecule has 0 spiro atoms. The Kier molecular flexibility index (Phi) is 36.0. The number of halogens is 5. The Morgan fingerprint density at radius 2 is 0.767 bits per heavy atom. The maximum atomic E-state index is 13.6. The second-order valence-corrected chi connectivity index (χ2v) is 42.3. The number of β-amino-alcohol motifs (C(OH)–C–C–N with tert-alkyl or cyclic N) is 1. The number of aliphatic hydroxyl groups excluding tert-OH is 1. The fourth-order valence-corrected chi connectivity index (χ4v) is 22.6. The van der Waals surface area contributed by atoms with Gasteiger partial charge in [-0.1, -0.05) is 139 Å². The van der Waals surface area contributed by atoms with Crippen LogP contribution in [0.15, 0.2) is 218 Å². The van der Waals surface area contributed by atoms with Crippen molar-refractivity contribution in [3.05, 3.63) is 316 Å². The molecule has 3 fully saturated rings. The Labute approximate surface area is 901 Å². The summed E-state index contributed by atoms with van der Waals surface area (Å²) >= 11 is 31.6. The minimum absolute atomic E-state index is 0.111. The van der Waals surface area contributed by atoms with Gasteiger partial charge in [-0.25, -0.2) is 19.2 Å². The van der Waals surface area contributed by atoms with E-state index in [4.69, 9.17) is 101 Å². The lowest BCUT2D eigenvalue weighted by Gasteiger charge is -2.35. The minimum Gasteiger partial charge on any atom is -0.497 e. The number of carbonyl (C=O) groups is 4. The van der Waals surface area contributed by atoms with E-state index in [9.17, 15) is 24.3 Å². The zero-order chi connectivity index (χ0) is 105. The Morgan fingerprint density at radius 1 is 0.407 bits per heavy atom. The summed E-state index contributed by atoms with van der Waals surface area (Å²) in [7, 11) is 8.06. The van der Waals surface area contributed by atoms with Gasteiger partial charge in [0.2, 0.25) is 0 Å². The largest absolute Gasteiger partial charge is 0.497 e. The lowest BCUT2D eigenvalue weighted by atomic mass is 9.92. The fraction of sp³-hybridized carbons (Fsp3) is 0.390. The first kappa shape index (κ1) is 107. The number of piperidine rings is 2. The van der Waals surface area contributed by atoms with Crippen LogP contribution in [0.5, 0.6) is 34.5 Å². The number of likely N-dealkylation sites (N-methyl/N-ethyl adjacent to an activating group) is 1. The number of aromatic nitrogens is 4. The van der Waals surface area contributed by atoms with E-state index in [1.807, 2.05) is 190 Å². The molecule has 150 heavy (non-hydrogen) atoms. The van der Waals surface area contributed by atoms with Gasteiger partial charge in [-0.05, 0) is 309 Å². The Morgan fingerprint density at radius 3 is 1.14 bits per heavy atom. The van der Waals surface area contributed by atoms with E-state index in [-0.39, 0.29) is 55.7 Å². The molecular weight excluding hydrogens is 2000 g/mol. The predicted molar refractivity (Wildman–Crippen MR) is 593 cm³/mol. The topological polar surface area (TPSA) is 273 Å². The third-order valence-electron chi connectivity index (χ3n) is 29.3. The molecule has 6 N–H and O–H groups in total. The second-order valence-electron chi connectivity index (χ2n) is 40.1. The molecule has 0 saturated carbocycles. The van der Waals surface area contributed by atoms with E-state index in [1.54, 1.807) is 57.0 Å². The summed E-state index contributed by atoms with van der Waals surface area (Å²) in [4.78, 5) is 83.5. The number of methoxy groups -OCH3 is 1. The van der Waals surface area contributed by atoms with Crippen LogP contribution < -0.4 is 33.7 Å². The molecule has 7 atom stereocenters. The molecule has 32 heteroatoms. The molecular formula is C118H134Cl5N13O14. The van der Waals surface area contributed by atoms with Crippen molar-refractivity contribution < 1.29 is 66.9 Å². The van der Waals surface area contributed by atoms with Gasteiger partial charge in [-0.3, -0.25) is 24.5 Å². The van der Waals surface area contributed by atoms with Crippen LogP contribution >= 0.6 is 58.0 Å². The molecule has 0 bridgehead atoms. The third-order valence-corrected chi connectivity index (χ3v) is 30.6. The first-order valence-corrected chi connectivity index (χ1v) is 54.2. The number of fused-ring (bicyclic) bond motifs is 12. The third kappa shape index (κ3) is 26.2. The number of nitrogens with zero attached hydrogens (tertiary/aromatic N) is 8. The van der Waals surface area contributed by atoms with Gasteiger partial charge in [0.15, 0.2) is 0 Å². The van der Waals surface area contributed by atoms with Crippen molar-refractivity contribution in [1.29, 1.82) is 0 Å². The summed E-state index contributed by atoms with van der Waals surface area (Å²) in [6.07, 6.45) is 6.66. The molecule has 27 nitrogen and oxygen atoms in total. The Bertz CT molecular complexity index is 6940. The molecule has 0 aliphatic carbocycles. The summed E-state index contributed by atoms with van der Waals surface area (Å²) in [5.74, 6) is 5.44. The smallest absolute Gasteiger partial charge is 0.416 e. The molecule has 7 aliphatic heterocycles. The van der Waals surface area contributed by atoms with Crippen molar-refractivity contribution in [2.24, 2.45) is 11.8 Å². The van der Waals surface area contributed by atoms with Crippen LogP contribution in [0.1, 0.15) is 157 Å². The van der Waals surface area contributed by atoms with Gasteiger partial charge < -0.3 is 87.7 Å². The number of hydrogen-bond acceptors (Lipinski definition) is 19. The van der Waals surface area contributed by atoms with Crippen molar-refractivity contribution >= 4 is 126 Å². The second kappa shape index (κ2) is 50.3. The monoisotopic (exact) mass is 2130 g/mol. The lowest BCUT2D eigenvalue weighted by molar-refractivity contribution is 0.0504. The van der Waals surface area contributed by atoms with Gasteiger partial charge in [-0.15, -0.1) is 0 Å². The van der Waals surface area contributed by atoms with Gasteiger partial charge in [0.05, 0.1) is 40.1 Å². The minimum atomic E-state index is -0.554. The Hall–Kier alpha value is -12.4. The molecule has 11 heterocycles. The highest BCUT2D eigenvalue weighted by Gasteiger charge is 2.42. The maximum absolute atomic E-state index is 13.6. The zero-order valence-corrected chi connectivity index (χ0v) is 90.1. The van der Waals surface area contributed by atoms with Crippen LogP contribution in [0.25, 0.3) is 43.6 Å². The van der Waals surface area contributed by atoms with Crippen LogP contribution in [0, 0.1) is 11.8 Å². The highest BCUT2D eigenvalue weighted by atomic mass is 35.5. The van der Waals surface area contributed by atoms with Gasteiger partial charge in [0, 0.05) is 187 Å². The van der Waals surface area contributed by atoms with E-state index in [0.717, 1.165) is 190 Å². The summed E-state index contributed by atoms with van der Waals surface area (Å²) < 4.78 is 51.8. The number of benzene rings is 10. The summed E-state index contributed by atoms with van der Waals surface area (Å²) in [6.45, 7) is 23.1. The normalized spacial score (nSPS) is 18.6. The lowest BCUT2D eigenvalue weighted by Crippen LogP contribution is -2.47. The number of H-pyrrole nitrogens is 4. The van der Waals surface area contributed by atoms with Crippen molar-refractivity contribution in [2.75, 3.05) is 160 Å². The standard InChI is InChI=1S/C32H33Cl2N3O3.C32H34ClN3O4.C28H35ClN4O4.C26H32ClN3O3/c1-36-15-4-5-21(18-36)19-39-25-11-8-22(9-12-25)31-30-26(27-17-24(33)10-13-29(27)35-30)14-16-37(31)32(38)40-20-23-6-2-3-7-28(23)34;1-35-16-3-4-21(19-35)20-39-25-8-5-22(6-9-25)31-30-27(28-18-23(33)7-14-29(28)34-30)15-17-36(31)32(37)40-26-12-10-24(38-2)11-13-26;1-3-36-28(35)33-11-10-23-24-16-20(29)6-9-25(24)30-26(23)27(33)19-4-7-22(8-5-19)37-18-21(34)17-32-14-12-31(2)13-15-32;1-4-32-26(31)30-14-12-21-22-16-19(27)8-11-23(22)29-24(21)25(30)18-6-9-20(10-7-18)33-15-5-13-28-17(2)3/h2-3,6-13,17,21,31,35H,4-5,14-16,18-20H2,1H3;5-14,18,21,31,34H,3-4,15-17,19-20H2,1-2H3;4-9,16,21,27,30,34H,3,10-15,17-18H2,1-2H3;6-11,16-17,25,28-29H,4-5,12-15H2,1-3H3. The van der Waals surface area contributed by atoms with E-state index in [2.05, 4.69) is 92.0 Å². The molecule has 0 radical (unpaired) electrons. The number of amides is 4. The zero-order valence-electron chi connectivity index (χ0n) is 86.3. The number of ether oxygens (including phenoxy) is 9. The van der Waals surface area contributed by atoms with E-state index >= 15 is 0 Å². The maximum Gasteiger partial charge on any atom is 0.416 e. The number of likely N-dealkylation sites (tertiary alicyclic amines) is 2. The Balaban J connectivity index is 0.000000131. The molecule has 790 valence electrons. The van der Waals surface area contributed by atoms with Crippen LogP contribution in [-0.2, 0) is 46.5 Å². The SMILES string of the molecule is CCOC(=O)N1CCc2c([nH]c3ccc(Cl)cc23)C1c1ccc(OCC(O)CN2CCN(C)CC2)cc1.CCOC(=O)N1CCc2c([nH]c3ccc(Cl)cc23)C1c1ccc(OCCCNC(C)C)cc1.CN1CCCC(COc2ccc(C3c4[nH]c5ccc(Cl)cc5c4CCN3C(=O)OCc3ccccc3Cl)cc2)C1.COc1ccc(OC(=O)N2CCc3c([nH]c4ccc(Cl)cc34)C2c2ccc(OCC3CCCN(C)C3)cc2)cc1. The van der Waals surface area contributed by atoms with E-state index < -0.39 is 12.2 Å². The number of rotatable bonds is 27. The van der Waals surface area contributed by atoms with Crippen molar-refractivity contribution in [3.63, 3.8) is 0 Å². The molecule has 7 aliphatic rings. The molecule has 21 rings (SSSR count). The van der Waals surface area contributed by atoms with Crippen LogP contribution in [0.2, 0.25) is 25.1 Å². The van der Waals surface area contributed by atoms with E-state index in [1.165, 1.54) is 47.9 Å². The van der Waals surface area contributed by atoms with Gasteiger partial charge in [-0.2, -0.15) is 0 Å². The quantitative estimate of drug-likeness (QED) is 0.0206. The fourth-order valence-electron chi connectivity index (χ4n) is 21.7. The molecule has 7 unspecified atom stereocenters. The predicted octanol–water partition coefficient (Wildman–Crippen LogP) is 23.8. The first-order valence-electron chi connectivity index (χ1n) is 52.3. The number of nitrogens with one attached hydrogen (secondary N) is 5. The average Bonchev–Trinajstić information content (AvgIpc) is 1.60. The first-order chi connectivity index (χ1) is 72.8. The average molecular weight is 2140 g/mol. The highest BCUT2D eigenvalue weighted by Crippen LogP contribution is 2.47. The van der Waals surface area contributed by atoms with Crippen LogP contribution in [0.4, 0.5) is 19.2 Å². The van der Waals surface area contributed by atoms with Gasteiger partial charge >= 0.3 is 24.4 Å². The van der Waals surface area contributed by atoms with Crippen molar-refractivity contribution in [2.45, 2.75) is 128 Å². The summed E-state index contributed by atoms with van der Waals surface area (Å²) in [5.41, 5.74) is 17.4. The van der Waals surface area contributed by atoms with Crippen molar-refractivity contribution in [1.82, 2.24) is 64.5 Å². The summed E-state index contributed by atoms with van der Waals surface area (Å²) in [5, 5.41) is 21.6. The number of carbonyl (C=O) groups excluding carboxylic acids is 4. The molecule has 14 aromatic rings. The van der Waals surface area contributed by atoms with Crippen LogP contribution in [0.3, 0.4) is 0 Å². The number of aromatic amines is 4. The number of hydrogen-bond donors (Lipinski definition) is 6. The summed E-state index contributed by atoms with van der Waals surface area (Å²) in [6, 6.07) is 69.1. The van der Waals surface area contributed by atoms with Crippen molar-refractivity contribution in [3.8, 4) is 34.5 Å². The van der Waals surface area contributed by atoms with Crippen LogP contribution in [-0.4, -0.2) is 260 Å². The molecule has 10 aromatic carbocycles. The number of piperazine rings is 1. The molecule has 4 amide bonds. The molecule has 3 saturated heterocycles. The number of aliphatic hydroxyl groups is 1. The molecule has 4 aromatic heterocycles.